The van der Waals surface area contributed by atoms with Gasteiger partial charge in [-0.15, -0.1) is 0 Å². The van der Waals surface area contributed by atoms with Crippen molar-refractivity contribution in [1.82, 2.24) is 4.90 Å². The molecule has 0 radical (unpaired) electrons. The van der Waals surface area contributed by atoms with Crippen molar-refractivity contribution in [2.24, 2.45) is 11.8 Å². The number of fused-ring (bicyclic) bond motifs is 2. The number of amides is 3. The van der Waals surface area contributed by atoms with Crippen LogP contribution >= 0.6 is 11.6 Å². The minimum absolute atomic E-state index is 0.0295. The van der Waals surface area contributed by atoms with E-state index in [4.69, 9.17) is 21.1 Å². The number of likely N-dealkylation sites (tertiary alicyclic amines) is 1. The van der Waals surface area contributed by atoms with E-state index in [0.29, 0.717) is 35.4 Å². The Hall–Kier alpha value is -2.28. The fourth-order valence-corrected chi connectivity index (χ4v) is 4.36. The van der Waals surface area contributed by atoms with Crippen molar-refractivity contribution in [1.29, 1.82) is 0 Å². The molecule has 0 bridgehead atoms. The van der Waals surface area contributed by atoms with E-state index in [1.807, 2.05) is 0 Å². The summed E-state index contributed by atoms with van der Waals surface area (Å²) in [4.78, 5) is 38.6. The van der Waals surface area contributed by atoms with Gasteiger partial charge in [0.25, 0.3) is 0 Å². The number of nitrogens with one attached hydrogen (secondary N) is 1. The van der Waals surface area contributed by atoms with Crippen LogP contribution in [0.3, 0.4) is 0 Å². The Balaban J connectivity index is 1.38. The maximum Gasteiger partial charge on any atom is 0.233 e. The molecule has 2 heterocycles. The van der Waals surface area contributed by atoms with E-state index in [1.54, 1.807) is 12.1 Å². The molecule has 2 aliphatic heterocycles. The predicted octanol–water partition coefficient (Wildman–Crippen LogP) is 3.01. The number of rotatable bonds is 4. The standard InChI is InChI=1S/C20H23ClN2O5/c21-14-10-16-17(28-9-3-8-27-16)11-15(14)22-18(24)6-7-23-19(25)12-4-1-2-5-13(12)20(23)26/h10-13H,1-9H2,(H,22,24)/t12-,13-/m0/s1. The molecule has 0 unspecified atom stereocenters. The smallest absolute Gasteiger partial charge is 0.233 e. The average molecular weight is 407 g/mol. The van der Waals surface area contributed by atoms with E-state index >= 15 is 0 Å². The summed E-state index contributed by atoms with van der Waals surface area (Å²) >= 11 is 6.25. The van der Waals surface area contributed by atoms with Crippen molar-refractivity contribution >= 4 is 35.0 Å². The van der Waals surface area contributed by atoms with Gasteiger partial charge in [0.2, 0.25) is 17.7 Å². The Morgan fingerprint density at radius 2 is 1.64 bits per heavy atom. The Labute approximate surface area is 168 Å². The number of carbonyl (C=O) groups is 3. The van der Waals surface area contributed by atoms with Gasteiger partial charge >= 0.3 is 0 Å². The van der Waals surface area contributed by atoms with E-state index in [2.05, 4.69) is 5.32 Å². The molecule has 1 saturated heterocycles. The largest absolute Gasteiger partial charge is 0.490 e. The van der Waals surface area contributed by atoms with Crippen LogP contribution in [0, 0.1) is 11.8 Å². The summed E-state index contributed by atoms with van der Waals surface area (Å²) in [6, 6.07) is 3.26. The fraction of sp³-hybridized carbons (Fsp3) is 0.550. The second-order valence-electron chi connectivity index (χ2n) is 7.45. The van der Waals surface area contributed by atoms with Gasteiger partial charge in [-0.05, 0) is 12.8 Å². The molecule has 7 nitrogen and oxygen atoms in total. The summed E-state index contributed by atoms with van der Waals surface area (Å²) in [5.74, 6) is 0.127. The lowest BCUT2D eigenvalue weighted by Crippen LogP contribution is -2.34. The highest BCUT2D eigenvalue weighted by Gasteiger charge is 2.47. The van der Waals surface area contributed by atoms with Crippen molar-refractivity contribution in [3.8, 4) is 11.5 Å². The third kappa shape index (κ3) is 3.68. The SMILES string of the molecule is O=C(CCN1C(=O)[C@H]2CCCC[C@@H]2C1=O)Nc1cc2c(cc1Cl)OCCCO2. The average Bonchev–Trinajstić information content (AvgIpc) is 2.83. The van der Waals surface area contributed by atoms with Gasteiger partial charge in [-0.2, -0.15) is 0 Å². The Bertz CT molecular complexity index is 788. The number of carbonyl (C=O) groups excluding carboxylic acids is 3. The van der Waals surface area contributed by atoms with Crippen LogP contribution in [-0.2, 0) is 14.4 Å². The first-order chi connectivity index (χ1) is 13.5. The quantitative estimate of drug-likeness (QED) is 0.777. The monoisotopic (exact) mass is 406 g/mol. The molecule has 2 atom stereocenters. The number of hydrogen-bond acceptors (Lipinski definition) is 5. The fourth-order valence-electron chi connectivity index (χ4n) is 4.16. The molecule has 1 aromatic carbocycles. The number of anilines is 1. The molecule has 1 aromatic rings. The van der Waals surface area contributed by atoms with Crippen molar-refractivity contribution in [2.45, 2.75) is 38.5 Å². The van der Waals surface area contributed by atoms with Gasteiger partial charge in [-0.25, -0.2) is 0 Å². The minimum atomic E-state index is -0.313. The van der Waals surface area contributed by atoms with E-state index in [9.17, 15) is 14.4 Å². The molecule has 1 aliphatic carbocycles. The summed E-state index contributed by atoms with van der Waals surface area (Å²) in [7, 11) is 0. The Kier molecular flexibility index (Phi) is 5.44. The Morgan fingerprint density at radius 3 is 2.29 bits per heavy atom. The number of ether oxygens (including phenoxy) is 2. The molecule has 1 saturated carbocycles. The first-order valence-electron chi connectivity index (χ1n) is 9.79. The molecule has 3 aliphatic rings. The van der Waals surface area contributed by atoms with Crippen LogP contribution in [0.2, 0.25) is 5.02 Å². The molecular weight excluding hydrogens is 384 g/mol. The highest BCUT2D eigenvalue weighted by molar-refractivity contribution is 6.34. The lowest BCUT2D eigenvalue weighted by Gasteiger charge is -2.19. The molecule has 0 spiro atoms. The molecule has 1 N–H and O–H groups in total. The van der Waals surface area contributed by atoms with Crippen LogP contribution in [0.4, 0.5) is 5.69 Å². The molecule has 150 valence electrons. The highest BCUT2D eigenvalue weighted by Crippen LogP contribution is 2.39. The third-order valence-electron chi connectivity index (χ3n) is 5.61. The van der Waals surface area contributed by atoms with Crippen molar-refractivity contribution < 1.29 is 23.9 Å². The zero-order valence-electron chi connectivity index (χ0n) is 15.5. The first kappa shape index (κ1) is 19.1. The summed E-state index contributed by atoms with van der Waals surface area (Å²) < 4.78 is 11.2. The number of nitrogens with zero attached hydrogens (tertiary/aromatic N) is 1. The second-order valence-corrected chi connectivity index (χ2v) is 7.86. The summed E-state index contributed by atoms with van der Waals surface area (Å²) in [6.45, 7) is 1.18. The molecular formula is C20H23ClN2O5. The van der Waals surface area contributed by atoms with Crippen LogP contribution in [0.1, 0.15) is 38.5 Å². The summed E-state index contributed by atoms with van der Waals surface area (Å²) in [5.41, 5.74) is 0.420. The van der Waals surface area contributed by atoms with Crippen LogP contribution in [-0.4, -0.2) is 42.4 Å². The number of imide groups is 1. The Morgan fingerprint density at radius 1 is 1.04 bits per heavy atom. The molecule has 4 rings (SSSR count). The second kappa shape index (κ2) is 7.99. The maximum atomic E-state index is 12.5. The van der Waals surface area contributed by atoms with Crippen molar-refractivity contribution in [3.63, 3.8) is 0 Å². The van der Waals surface area contributed by atoms with Gasteiger partial charge in [0.05, 0.1) is 35.8 Å². The van der Waals surface area contributed by atoms with Crippen molar-refractivity contribution in [3.05, 3.63) is 17.2 Å². The van der Waals surface area contributed by atoms with Gasteiger partial charge < -0.3 is 14.8 Å². The predicted molar refractivity (Wildman–Crippen MR) is 102 cm³/mol. The van der Waals surface area contributed by atoms with Gasteiger partial charge in [0.15, 0.2) is 11.5 Å². The van der Waals surface area contributed by atoms with E-state index in [1.165, 1.54) is 4.90 Å². The van der Waals surface area contributed by atoms with Crippen molar-refractivity contribution in [2.75, 3.05) is 25.1 Å². The van der Waals surface area contributed by atoms with Crippen LogP contribution in [0.5, 0.6) is 11.5 Å². The number of benzene rings is 1. The zero-order valence-corrected chi connectivity index (χ0v) is 16.3. The van der Waals surface area contributed by atoms with E-state index in [-0.39, 0.29) is 42.5 Å². The van der Waals surface area contributed by atoms with Crippen LogP contribution in [0.15, 0.2) is 12.1 Å². The molecule has 3 amide bonds. The topological polar surface area (TPSA) is 84.9 Å². The number of halogens is 1. The molecule has 8 heteroatoms. The zero-order chi connectivity index (χ0) is 19.7. The molecule has 28 heavy (non-hydrogen) atoms. The third-order valence-corrected chi connectivity index (χ3v) is 5.92. The normalized spacial score (nSPS) is 24.0. The van der Waals surface area contributed by atoms with Gasteiger partial charge in [-0.3, -0.25) is 19.3 Å². The van der Waals surface area contributed by atoms with Crippen LogP contribution < -0.4 is 14.8 Å². The number of hydrogen-bond donors (Lipinski definition) is 1. The summed E-state index contributed by atoms with van der Waals surface area (Å²) in [6.07, 6.45) is 4.30. The molecule has 2 fully saturated rings. The van der Waals surface area contributed by atoms with Gasteiger partial charge in [0.1, 0.15) is 0 Å². The maximum absolute atomic E-state index is 12.5. The van der Waals surface area contributed by atoms with E-state index < -0.39 is 0 Å². The minimum Gasteiger partial charge on any atom is -0.490 e. The van der Waals surface area contributed by atoms with Crippen LogP contribution in [0.25, 0.3) is 0 Å². The van der Waals surface area contributed by atoms with Gasteiger partial charge in [0, 0.05) is 31.5 Å². The summed E-state index contributed by atoms with van der Waals surface area (Å²) in [5, 5.41) is 3.09. The van der Waals surface area contributed by atoms with E-state index in [0.717, 1.165) is 32.1 Å². The highest BCUT2D eigenvalue weighted by atomic mass is 35.5. The lowest BCUT2D eigenvalue weighted by atomic mass is 9.81. The lowest BCUT2D eigenvalue weighted by molar-refractivity contribution is -0.140. The first-order valence-corrected chi connectivity index (χ1v) is 10.2. The molecule has 0 aromatic heterocycles. The van der Waals surface area contributed by atoms with Gasteiger partial charge in [-0.1, -0.05) is 24.4 Å².